The maximum absolute atomic E-state index is 14.0. The lowest BCUT2D eigenvalue weighted by Gasteiger charge is -2.00. The van der Waals surface area contributed by atoms with E-state index in [0.717, 1.165) is 15.7 Å². The summed E-state index contributed by atoms with van der Waals surface area (Å²) in [6.07, 6.45) is 0. The van der Waals surface area contributed by atoms with Crippen molar-refractivity contribution in [1.29, 1.82) is 0 Å². The van der Waals surface area contributed by atoms with Crippen molar-refractivity contribution in [2.45, 2.75) is 0 Å². The van der Waals surface area contributed by atoms with Gasteiger partial charge in [-0.3, -0.25) is 0 Å². The van der Waals surface area contributed by atoms with Crippen LogP contribution in [0.25, 0.3) is 21.8 Å². The third kappa shape index (κ3) is 2.64. The van der Waals surface area contributed by atoms with Crippen LogP contribution in [0.4, 0.5) is 4.39 Å². The highest BCUT2D eigenvalue weighted by Gasteiger charge is 2.12. The number of halogens is 3. The highest BCUT2D eigenvalue weighted by Crippen LogP contribution is 2.32. The molecule has 0 radical (unpaired) electrons. The first kappa shape index (κ1) is 13.7. The Hall–Kier alpha value is -1.23. The third-order valence-electron chi connectivity index (χ3n) is 2.83. The molecule has 0 atom stereocenters. The predicted octanol–water partition coefficient (Wildman–Crippen LogP) is 6.03. The van der Waals surface area contributed by atoms with Crippen molar-refractivity contribution in [3.8, 4) is 21.8 Å². The van der Waals surface area contributed by atoms with E-state index >= 15 is 0 Å². The maximum atomic E-state index is 14.0. The number of hydrogen-bond donors (Lipinski definition) is 0. The molecule has 100 valence electrons. The molecule has 0 fully saturated rings. The number of hydrogen-bond acceptors (Lipinski definition) is 2. The van der Waals surface area contributed by atoms with Crippen LogP contribution in [0.2, 0.25) is 5.02 Å². The second kappa shape index (κ2) is 5.64. The lowest BCUT2D eigenvalue weighted by Crippen LogP contribution is -1.85. The van der Waals surface area contributed by atoms with Gasteiger partial charge in [0.25, 0.3) is 0 Å². The van der Waals surface area contributed by atoms with Gasteiger partial charge in [0.1, 0.15) is 5.01 Å². The van der Waals surface area contributed by atoms with Gasteiger partial charge in [-0.1, -0.05) is 45.7 Å². The Morgan fingerprint density at radius 3 is 2.60 bits per heavy atom. The Balaban J connectivity index is 2.02. The van der Waals surface area contributed by atoms with Crippen molar-refractivity contribution >= 4 is 38.9 Å². The lowest BCUT2D eigenvalue weighted by molar-refractivity contribution is 0.631. The standard InChI is InChI=1S/C15H8BrClFNS/c16-10-6-4-9(5-7-10)13-8-20-15(19-13)11-2-1-3-12(17)14(11)18/h1-8H. The molecule has 20 heavy (non-hydrogen) atoms. The fourth-order valence-electron chi connectivity index (χ4n) is 1.82. The summed E-state index contributed by atoms with van der Waals surface area (Å²) in [5.74, 6) is -0.425. The van der Waals surface area contributed by atoms with Crippen molar-refractivity contribution in [3.05, 3.63) is 63.2 Å². The number of rotatable bonds is 2. The van der Waals surface area contributed by atoms with Crippen molar-refractivity contribution in [3.63, 3.8) is 0 Å². The van der Waals surface area contributed by atoms with Crippen LogP contribution in [0.3, 0.4) is 0 Å². The molecule has 0 aliphatic rings. The number of benzene rings is 2. The summed E-state index contributed by atoms with van der Waals surface area (Å²) >= 11 is 10.6. The minimum atomic E-state index is -0.425. The first-order chi connectivity index (χ1) is 9.65. The van der Waals surface area contributed by atoms with Crippen LogP contribution < -0.4 is 0 Å². The fraction of sp³-hybridized carbons (Fsp3) is 0. The first-order valence-corrected chi connectivity index (χ1v) is 7.86. The summed E-state index contributed by atoms with van der Waals surface area (Å²) < 4.78 is 15.0. The van der Waals surface area contributed by atoms with E-state index < -0.39 is 5.82 Å². The second-order valence-corrected chi connectivity index (χ2v) is 6.33. The van der Waals surface area contributed by atoms with Gasteiger partial charge >= 0.3 is 0 Å². The molecule has 2 aromatic carbocycles. The van der Waals surface area contributed by atoms with Gasteiger partial charge in [0, 0.05) is 21.0 Å². The zero-order valence-corrected chi connectivity index (χ0v) is 13.3. The fourth-order valence-corrected chi connectivity index (χ4v) is 3.11. The van der Waals surface area contributed by atoms with Gasteiger partial charge in [0.2, 0.25) is 0 Å². The van der Waals surface area contributed by atoms with Gasteiger partial charge in [-0.25, -0.2) is 9.37 Å². The summed E-state index contributed by atoms with van der Waals surface area (Å²) in [6, 6.07) is 12.8. The smallest absolute Gasteiger partial charge is 0.152 e. The van der Waals surface area contributed by atoms with Gasteiger partial charge in [-0.15, -0.1) is 11.3 Å². The topological polar surface area (TPSA) is 12.9 Å². The lowest BCUT2D eigenvalue weighted by atomic mass is 10.2. The van der Waals surface area contributed by atoms with Crippen LogP contribution in [-0.4, -0.2) is 4.98 Å². The molecule has 1 nitrogen and oxygen atoms in total. The van der Waals surface area contributed by atoms with Gasteiger partial charge in [0.15, 0.2) is 5.82 Å². The average Bonchev–Trinajstić information content (AvgIpc) is 2.92. The zero-order valence-electron chi connectivity index (χ0n) is 10.1. The largest absolute Gasteiger partial charge is 0.236 e. The highest BCUT2D eigenvalue weighted by atomic mass is 79.9. The number of aromatic nitrogens is 1. The predicted molar refractivity (Wildman–Crippen MR) is 85.7 cm³/mol. The molecule has 0 amide bonds. The highest BCUT2D eigenvalue weighted by molar-refractivity contribution is 9.10. The molecule has 0 N–H and O–H groups in total. The minimum absolute atomic E-state index is 0.114. The molecule has 0 unspecified atom stereocenters. The van der Waals surface area contributed by atoms with Crippen LogP contribution in [0, 0.1) is 5.82 Å². The van der Waals surface area contributed by atoms with Gasteiger partial charge in [-0.2, -0.15) is 0 Å². The SMILES string of the molecule is Fc1c(Cl)cccc1-c1nc(-c2ccc(Br)cc2)cs1. The van der Waals surface area contributed by atoms with Crippen molar-refractivity contribution in [1.82, 2.24) is 4.98 Å². The van der Waals surface area contributed by atoms with Crippen LogP contribution in [-0.2, 0) is 0 Å². The third-order valence-corrected chi connectivity index (χ3v) is 4.52. The van der Waals surface area contributed by atoms with E-state index in [-0.39, 0.29) is 5.02 Å². The van der Waals surface area contributed by atoms with E-state index in [2.05, 4.69) is 20.9 Å². The summed E-state index contributed by atoms with van der Waals surface area (Å²) in [5.41, 5.74) is 2.26. The Bertz CT molecular complexity index is 755. The molecule has 0 aliphatic carbocycles. The molecule has 3 aromatic rings. The molecule has 3 rings (SSSR count). The van der Waals surface area contributed by atoms with E-state index in [0.29, 0.717) is 10.6 Å². The Morgan fingerprint density at radius 2 is 1.85 bits per heavy atom. The Labute approximate surface area is 133 Å². The van der Waals surface area contributed by atoms with Crippen molar-refractivity contribution in [2.75, 3.05) is 0 Å². The molecule has 0 bridgehead atoms. The summed E-state index contributed by atoms with van der Waals surface area (Å²) in [7, 11) is 0. The van der Waals surface area contributed by atoms with Gasteiger partial charge in [0.05, 0.1) is 10.7 Å². The molecule has 1 heterocycles. The van der Waals surface area contributed by atoms with Gasteiger partial charge in [-0.05, 0) is 24.3 Å². The monoisotopic (exact) mass is 367 g/mol. The number of thiazole rings is 1. The normalized spacial score (nSPS) is 10.8. The van der Waals surface area contributed by atoms with E-state index in [9.17, 15) is 4.39 Å². The van der Waals surface area contributed by atoms with E-state index in [1.54, 1.807) is 12.1 Å². The zero-order chi connectivity index (χ0) is 14.1. The average molecular weight is 369 g/mol. The van der Waals surface area contributed by atoms with Crippen LogP contribution >= 0.6 is 38.9 Å². The molecular formula is C15H8BrClFNS. The molecule has 0 saturated carbocycles. The second-order valence-electron chi connectivity index (χ2n) is 4.15. The van der Waals surface area contributed by atoms with Crippen molar-refractivity contribution in [2.24, 2.45) is 0 Å². The van der Waals surface area contributed by atoms with E-state index in [1.807, 2.05) is 29.6 Å². The quantitative estimate of drug-likeness (QED) is 0.538. The van der Waals surface area contributed by atoms with Crippen LogP contribution in [0.5, 0.6) is 0 Å². The van der Waals surface area contributed by atoms with E-state index in [1.165, 1.54) is 17.4 Å². The summed E-state index contributed by atoms with van der Waals surface area (Å²) in [6.45, 7) is 0. The van der Waals surface area contributed by atoms with Crippen molar-refractivity contribution < 1.29 is 4.39 Å². The maximum Gasteiger partial charge on any atom is 0.152 e. The van der Waals surface area contributed by atoms with Gasteiger partial charge < -0.3 is 0 Å². The first-order valence-electron chi connectivity index (χ1n) is 5.81. The molecule has 1 aromatic heterocycles. The summed E-state index contributed by atoms with van der Waals surface area (Å²) in [4.78, 5) is 4.49. The molecule has 5 heteroatoms. The Morgan fingerprint density at radius 1 is 1.10 bits per heavy atom. The number of nitrogens with zero attached hydrogens (tertiary/aromatic N) is 1. The van der Waals surface area contributed by atoms with E-state index in [4.69, 9.17) is 11.6 Å². The minimum Gasteiger partial charge on any atom is -0.236 e. The molecule has 0 spiro atoms. The molecule has 0 saturated heterocycles. The molecular weight excluding hydrogens is 361 g/mol. The molecule has 0 aliphatic heterocycles. The van der Waals surface area contributed by atoms with Crippen LogP contribution in [0.1, 0.15) is 0 Å². The summed E-state index contributed by atoms with van der Waals surface area (Å²) in [5, 5.41) is 2.66. The Kier molecular flexibility index (Phi) is 3.87. The van der Waals surface area contributed by atoms with Crippen LogP contribution in [0.15, 0.2) is 52.3 Å².